The number of amides is 1. The Hall–Kier alpha value is -3.14. The normalized spacial score (nSPS) is 18.1. The topological polar surface area (TPSA) is 113 Å². The summed E-state index contributed by atoms with van der Waals surface area (Å²) < 4.78 is 5.65. The first kappa shape index (κ1) is 22.1. The summed E-state index contributed by atoms with van der Waals surface area (Å²) in [6.45, 7) is 5.26. The summed E-state index contributed by atoms with van der Waals surface area (Å²) in [7, 11) is 4.24. The largest absolute Gasteiger partial charge is 0.463 e. The van der Waals surface area contributed by atoms with E-state index in [1.807, 2.05) is 17.2 Å². The number of fused-ring (bicyclic) bond motifs is 1. The van der Waals surface area contributed by atoms with Crippen LogP contribution in [0, 0.1) is 0 Å². The van der Waals surface area contributed by atoms with E-state index in [0.717, 1.165) is 43.7 Å². The van der Waals surface area contributed by atoms with Crippen LogP contribution in [0.5, 0.6) is 6.01 Å². The second kappa shape index (κ2) is 9.56. The van der Waals surface area contributed by atoms with Crippen LogP contribution in [-0.2, 0) is 11.3 Å². The summed E-state index contributed by atoms with van der Waals surface area (Å²) in [5.74, 6) is 1.61. The summed E-state index contributed by atoms with van der Waals surface area (Å²) in [4.78, 5) is 32.1. The Bertz CT molecular complexity index is 950. The molecule has 2 aliphatic rings. The number of nitrogens with two attached hydrogens (primary N) is 1. The highest BCUT2D eigenvalue weighted by Gasteiger charge is 2.28. The van der Waals surface area contributed by atoms with Crippen molar-refractivity contribution in [3.8, 4) is 6.01 Å². The van der Waals surface area contributed by atoms with Crippen LogP contribution in [0.2, 0.25) is 0 Å². The van der Waals surface area contributed by atoms with E-state index in [-0.39, 0.29) is 24.3 Å². The molecule has 0 bridgehead atoms. The lowest BCUT2D eigenvalue weighted by molar-refractivity contribution is -0.115. The van der Waals surface area contributed by atoms with Crippen molar-refractivity contribution >= 4 is 29.0 Å². The number of carbonyl (C=O) groups excluding carboxylic acids is 1. The summed E-state index contributed by atoms with van der Waals surface area (Å²) >= 11 is 0. The monoisotopic (exact) mass is 440 g/mol. The van der Waals surface area contributed by atoms with Crippen molar-refractivity contribution in [3.63, 3.8) is 0 Å². The summed E-state index contributed by atoms with van der Waals surface area (Å²) in [5.41, 5.74) is 7.51. The second-order valence-electron chi connectivity index (χ2n) is 8.57. The average molecular weight is 441 g/mol. The van der Waals surface area contributed by atoms with Crippen LogP contribution in [0.1, 0.15) is 31.7 Å². The van der Waals surface area contributed by atoms with Gasteiger partial charge in [-0.05, 0) is 38.6 Å². The first-order valence-electron chi connectivity index (χ1n) is 11.2. The highest BCUT2D eigenvalue weighted by Crippen LogP contribution is 2.34. The molecule has 1 fully saturated rings. The van der Waals surface area contributed by atoms with Crippen LogP contribution >= 0.6 is 0 Å². The Morgan fingerprint density at radius 2 is 2.16 bits per heavy atom. The lowest BCUT2D eigenvalue weighted by Crippen LogP contribution is -2.39. The number of nitrogen functional groups attached to an aromatic ring is 1. The number of pyridine rings is 1. The van der Waals surface area contributed by atoms with Gasteiger partial charge in [0.15, 0.2) is 11.6 Å². The van der Waals surface area contributed by atoms with Gasteiger partial charge in [-0.25, -0.2) is 4.98 Å². The number of carbonyl (C=O) groups is 1. The summed E-state index contributed by atoms with van der Waals surface area (Å²) in [6.07, 6.45) is 4.93. The van der Waals surface area contributed by atoms with Crippen LogP contribution in [0.3, 0.4) is 0 Å². The maximum absolute atomic E-state index is 12.3. The van der Waals surface area contributed by atoms with Crippen LogP contribution < -0.4 is 25.6 Å². The maximum atomic E-state index is 12.3. The fourth-order valence-corrected chi connectivity index (χ4v) is 4.01. The van der Waals surface area contributed by atoms with Crippen molar-refractivity contribution in [1.29, 1.82) is 0 Å². The Balaban J connectivity index is 1.49. The molecule has 0 spiro atoms. The first-order valence-corrected chi connectivity index (χ1v) is 11.2. The van der Waals surface area contributed by atoms with Gasteiger partial charge >= 0.3 is 6.01 Å². The SMILES string of the molecule is CCCCOc1nc(N)c2c(n1)N(Cc1ccc(N3CC[C@H](N(C)C)C3)nc1)CC(=O)N2. The van der Waals surface area contributed by atoms with Crippen molar-refractivity contribution in [2.75, 3.05) is 61.2 Å². The molecule has 3 N–H and O–H groups in total. The second-order valence-corrected chi connectivity index (χ2v) is 8.57. The Morgan fingerprint density at radius 3 is 2.84 bits per heavy atom. The van der Waals surface area contributed by atoms with E-state index in [0.29, 0.717) is 30.7 Å². The molecule has 0 saturated carbocycles. The molecule has 0 aliphatic carbocycles. The minimum atomic E-state index is -0.149. The van der Waals surface area contributed by atoms with Gasteiger partial charge in [-0.3, -0.25) is 4.79 Å². The fourth-order valence-electron chi connectivity index (χ4n) is 4.01. The molecule has 10 heteroatoms. The van der Waals surface area contributed by atoms with Crippen molar-refractivity contribution in [3.05, 3.63) is 23.9 Å². The van der Waals surface area contributed by atoms with Gasteiger partial charge in [0.25, 0.3) is 0 Å². The molecule has 2 aromatic heterocycles. The number of nitrogens with zero attached hydrogens (tertiary/aromatic N) is 6. The molecule has 1 atom stereocenters. The number of hydrogen-bond donors (Lipinski definition) is 2. The molecule has 10 nitrogen and oxygen atoms in total. The third-order valence-corrected chi connectivity index (χ3v) is 5.93. The number of aromatic nitrogens is 3. The van der Waals surface area contributed by atoms with Crippen LogP contribution in [0.25, 0.3) is 0 Å². The third kappa shape index (κ3) is 4.85. The maximum Gasteiger partial charge on any atom is 0.320 e. The zero-order chi connectivity index (χ0) is 22.7. The number of likely N-dealkylation sites (N-methyl/N-ethyl adjacent to an activating group) is 1. The van der Waals surface area contributed by atoms with E-state index >= 15 is 0 Å². The Morgan fingerprint density at radius 1 is 1.31 bits per heavy atom. The van der Waals surface area contributed by atoms with Gasteiger partial charge in [-0.1, -0.05) is 19.4 Å². The fraction of sp³-hybridized carbons (Fsp3) is 0.545. The van der Waals surface area contributed by atoms with Crippen molar-refractivity contribution in [2.24, 2.45) is 0 Å². The van der Waals surface area contributed by atoms with Crippen LogP contribution in [0.4, 0.5) is 23.1 Å². The predicted octanol–water partition coefficient (Wildman–Crippen LogP) is 1.73. The van der Waals surface area contributed by atoms with Crippen molar-refractivity contribution < 1.29 is 9.53 Å². The standard InChI is InChI=1S/C22H32N8O2/c1-4-5-10-32-22-26-20(23)19-21(27-22)30(14-18(31)25-19)12-15-6-7-17(24-11-15)29-9-8-16(13-29)28(2)3/h6-7,11,16H,4-5,8-10,12-14H2,1-3H3,(H,25,31)(H2,23,26,27)/t16-/m0/s1. The molecule has 32 heavy (non-hydrogen) atoms. The smallest absolute Gasteiger partial charge is 0.320 e. The van der Waals surface area contributed by atoms with Crippen LogP contribution in [0.15, 0.2) is 18.3 Å². The molecule has 1 saturated heterocycles. The zero-order valence-corrected chi connectivity index (χ0v) is 19.0. The van der Waals surface area contributed by atoms with Gasteiger partial charge in [0, 0.05) is 31.9 Å². The molecule has 172 valence electrons. The van der Waals surface area contributed by atoms with Crippen molar-refractivity contribution in [2.45, 2.75) is 38.8 Å². The molecule has 0 unspecified atom stereocenters. The van der Waals surface area contributed by atoms with E-state index in [1.165, 1.54) is 0 Å². The molecule has 4 rings (SSSR count). The van der Waals surface area contributed by atoms with E-state index in [4.69, 9.17) is 10.5 Å². The number of ether oxygens (including phenoxy) is 1. The zero-order valence-electron chi connectivity index (χ0n) is 19.0. The molecular weight excluding hydrogens is 408 g/mol. The molecule has 1 amide bonds. The Kier molecular flexibility index (Phi) is 6.59. The molecule has 0 aromatic carbocycles. The number of rotatable bonds is 8. The molecule has 4 heterocycles. The number of hydrogen-bond acceptors (Lipinski definition) is 9. The van der Waals surface area contributed by atoms with Gasteiger partial charge in [0.05, 0.1) is 13.2 Å². The molecule has 2 aliphatic heterocycles. The van der Waals surface area contributed by atoms with Gasteiger partial charge in [0.2, 0.25) is 5.91 Å². The van der Waals surface area contributed by atoms with E-state index < -0.39 is 0 Å². The van der Waals surface area contributed by atoms with Gasteiger partial charge in [-0.2, -0.15) is 9.97 Å². The van der Waals surface area contributed by atoms with Crippen LogP contribution in [-0.4, -0.2) is 72.1 Å². The predicted molar refractivity (Wildman–Crippen MR) is 125 cm³/mol. The number of nitrogens with one attached hydrogen (secondary N) is 1. The van der Waals surface area contributed by atoms with Gasteiger partial charge in [0.1, 0.15) is 11.5 Å². The first-order chi connectivity index (χ1) is 15.4. The Labute approximate surface area is 188 Å². The van der Waals surface area contributed by atoms with E-state index in [1.54, 1.807) is 0 Å². The van der Waals surface area contributed by atoms with Gasteiger partial charge in [-0.15, -0.1) is 0 Å². The van der Waals surface area contributed by atoms with E-state index in [2.05, 4.69) is 57.2 Å². The lowest BCUT2D eigenvalue weighted by Gasteiger charge is -2.30. The van der Waals surface area contributed by atoms with E-state index in [9.17, 15) is 4.79 Å². The third-order valence-electron chi connectivity index (χ3n) is 5.93. The van der Waals surface area contributed by atoms with Crippen molar-refractivity contribution in [1.82, 2.24) is 19.9 Å². The quantitative estimate of drug-likeness (QED) is 0.593. The summed E-state index contributed by atoms with van der Waals surface area (Å²) in [6, 6.07) is 4.89. The minimum Gasteiger partial charge on any atom is -0.463 e. The average Bonchev–Trinajstić information content (AvgIpc) is 3.26. The molecule has 2 aromatic rings. The van der Waals surface area contributed by atoms with Gasteiger partial charge < -0.3 is 30.5 Å². The number of anilines is 4. The molecule has 0 radical (unpaired) electrons. The molecular formula is C22H32N8O2. The minimum absolute atomic E-state index is 0.149. The highest BCUT2D eigenvalue weighted by molar-refractivity contribution is 6.03. The summed E-state index contributed by atoms with van der Waals surface area (Å²) in [5, 5.41) is 2.79. The highest BCUT2D eigenvalue weighted by atomic mass is 16.5. The lowest BCUT2D eigenvalue weighted by atomic mass is 10.2. The number of unbranched alkanes of at least 4 members (excludes halogenated alkanes) is 1.